The van der Waals surface area contributed by atoms with Gasteiger partial charge in [-0.15, -0.1) is 0 Å². The molecule has 0 unspecified atom stereocenters. The number of thiocarbonyl (C=S) groups is 1. The van der Waals surface area contributed by atoms with Gasteiger partial charge in [0.05, 0.1) is 16.3 Å². The van der Waals surface area contributed by atoms with Gasteiger partial charge in [0.15, 0.2) is 0 Å². The fourth-order valence-electron chi connectivity index (χ4n) is 2.20. The van der Waals surface area contributed by atoms with Gasteiger partial charge >= 0.3 is 0 Å². The van der Waals surface area contributed by atoms with Gasteiger partial charge in [-0.05, 0) is 17.7 Å². The van der Waals surface area contributed by atoms with E-state index in [9.17, 15) is 0 Å². The maximum Gasteiger partial charge on any atom is 0.0895 e. The van der Waals surface area contributed by atoms with Crippen molar-refractivity contribution in [3.63, 3.8) is 0 Å². The van der Waals surface area contributed by atoms with Crippen molar-refractivity contribution in [2.75, 3.05) is 0 Å². The number of para-hydroxylation sites is 1. The van der Waals surface area contributed by atoms with E-state index in [1.807, 2.05) is 91.0 Å². The second-order valence-corrected chi connectivity index (χ2v) is 5.27. The molecule has 22 heavy (non-hydrogen) atoms. The summed E-state index contributed by atoms with van der Waals surface area (Å²) in [6.07, 6.45) is 0. The molecule has 0 spiro atoms. The number of benzene rings is 3. The summed E-state index contributed by atoms with van der Waals surface area (Å²) in [5.74, 6) is 0. The molecule has 0 amide bonds. The topological polar surface area (TPSA) is 12.4 Å². The Hall–Kier alpha value is -2.58. The molecule has 0 saturated carbocycles. The third-order valence-electron chi connectivity index (χ3n) is 3.30. The van der Waals surface area contributed by atoms with Crippen LogP contribution in [0.5, 0.6) is 0 Å². The zero-order valence-corrected chi connectivity index (χ0v) is 12.8. The quantitative estimate of drug-likeness (QED) is 0.365. The highest BCUT2D eigenvalue weighted by molar-refractivity contribution is 7.82. The van der Waals surface area contributed by atoms with Crippen molar-refractivity contribution in [3.8, 4) is 0 Å². The van der Waals surface area contributed by atoms with Gasteiger partial charge in [0.1, 0.15) is 0 Å². The predicted octanol–water partition coefficient (Wildman–Crippen LogP) is 5.23. The van der Waals surface area contributed by atoms with Crippen molar-refractivity contribution in [1.29, 1.82) is 0 Å². The van der Waals surface area contributed by atoms with Gasteiger partial charge in [-0.2, -0.15) is 0 Å². The van der Waals surface area contributed by atoms with Gasteiger partial charge in [0, 0.05) is 5.56 Å². The number of aliphatic imine (C=N–C) groups is 1. The summed E-state index contributed by atoms with van der Waals surface area (Å²) in [5, 5.41) is 0. The fourth-order valence-corrected chi connectivity index (χ4v) is 2.50. The van der Waals surface area contributed by atoms with Gasteiger partial charge in [0.25, 0.3) is 0 Å². The predicted molar refractivity (Wildman–Crippen MR) is 97.2 cm³/mol. The molecule has 0 fully saturated rings. The average Bonchev–Trinajstić information content (AvgIpc) is 2.61. The van der Waals surface area contributed by atoms with Crippen molar-refractivity contribution in [2.24, 2.45) is 4.99 Å². The van der Waals surface area contributed by atoms with E-state index >= 15 is 0 Å². The summed E-state index contributed by atoms with van der Waals surface area (Å²) in [5.41, 5.74) is 3.77. The Morgan fingerprint density at radius 2 is 1.05 bits per heavy atom. The van der Waals surface area contributed by atoms with Gasteiger partial charge < -0.3 is 0 Å². The molecule has 0 aromatic heterocycles. The molecule has 0 aliphatic carbocycles. The molecular weight excluding hydrogens is 286 g/mol. The van der Waals surface area contributed by atoms with Crippen LogP contribution >= 0.6 is 12.2 Å². The summed E-state index contributed by atoms with van der Waals surface area (Å²) in [6, 6.07) is 30.0. The lowest BCUT2D eigenvalue weighted by molar-refractivity contribution is 1.51. The number of nitrogens with zero attached hydrogens (tertiary/aromatic N) is 1. The van der Waals surface area contributed by atoms with Crippen LogP contribution in [0.1, 0.15) is 11.1 Å². The highest BCUT2D eigenvalue weighted by atomic mass is 32.1. The number of hydrogen-bond acceptors (Lipinski definition) is 2. The highest BCUT2D eigenvalue weighted by Gasteiger charge is 2.12. The molecule has 0 saturated heterocycles. The second-order valence-electron chi connectivity index (χ2n) is 4.86. The Morgan fingerprint density at radius 1 is 0.591 bits per heavy atom. The molecule has 2 heteroatoms. The molecule has 3 aromatic carbocycles. The van der Waals surface area contributed by atoms with E-state index < -0.39 is 0 Å². The van der Waals surface area contributed by atoms with Crippen LogP contribution in [0.4, 0.5) is 5.69 Å². The van der Waals surface area contributed by atoms with Crippen LogP contribution in [0.2, 0.25) is 0 Å². The normalized spacial score (nSPS) is 11.2. The maximum absolute atomic E-state index is 5.69. The number of hydrogen-bond donors (Lipinski definition) is 0. The summed E-state index contributed by atoms with van der Waals surface area (Å²) in [7, 11) is 0. The van der Waals surface area contributed by atoms with Crippen LogP contribution < -0.4 is 0 Å². The van der Waals surface area contributed by atoms with Crippen LogP contribution in [0, 0.1) is 0 Å². The van der Waals surface area contributed by atoms with Crippen molar-refractivity contribution in [2.45, 2.75) is 0 Å². The first-order valence-corrected chi connectivity index (χ1v) is 7.54. The summed E-state index contributed by atoms with van der Waals surface area (Å²) in [6.45, 7) is 0. The third kappa shape index (κ3) is 3.35. The smallest absolute Gasteiger partial charge is 0.0895 e. The summed E-state index contributed by atoms with van der Waals surface area (Å²) < 4.78 is 0. The first-order chi connectivity index (χ1) is 10.8. The van der Waals surface area contributed by atoms with Crippen molar-refractivity contribution < 1.29 is 0 Å². The van der Waals surface area contributed by atoms with Gasteiger partial charge in [0.2, 0.25) is 0 Å². The lowest BCUT2D eigenvalue weighted by Gasteiger charge is -2.09. The highest BCUT2D eigenvalue weighted by Crippen LogP contribution is 2.17. The Bertz CT molecular complexity index is 778. The van der Waals surface area contributed by atoms with Crippen molar-refractivity contribution in [1.82, 2.24) is 0 Å². The van der Waals surface area contributed by atoms with Gasteiger partial charge in [-0.25, -0.2) is 4.99 Å². The molecule has 0 radical (unpaired) electrons. The minimum Gasteiger partial charge on any atom is -0.247 e. The molecule has 0 aliphatic heterocycles. The zero-order chi connectivity index (χ0) is 15.2. The van der Waals surface area contributed by atoms with E-state index in [1.54, 1.807) is 0 Å². The second kappa shape index (κ2) is 6.92. The monoisotopic (exact) mass is 301 g/mol. The average molecular weight is 301 g/mol. The minimum absolute atomic E-state index is 0.760. The first-order valence-electron chi connectivity index (χ1n) is 7.13. The molecule has 106 valence electrons. The van der Waals surface area contributed by atoms with E-state index in [0.717, 1.165) is 27.4 Å². The Labute approximate surface area is 136 Å². The van der Waals surface area contributed by atoms with Gasteiger partial charge in [-0.3, -0.25) is 0 Å². The van der Waals surface area contributed by atoms with Crippen molar-refractivity contribution in [3.05, 3.63) is 102 Å². The van der Waals surface area contributed by atoms with Crippen LogP contribution in [0.15, 0.2) is 96.0 Å². The minimum atomic E-state index is 0.760. The molecule has 3 aromatic rings. The largest absolute Gasteiger partial charge is 0.247 e. The standard InChI is InChI=1S/C20H15NS/c22-20(17-12-6-2-7-13-17)19(16-10-4-1-5-11-16)21-18-14-8-3-9-15-18/h1-15H. The molecule has 0 heterocycles. The van der Waals surface area contributed by atoms with E-state index in [2.05, 4.69) is 0 Å². The molecule has 0 bridgehead atoms. The molecule has 0 aliphatic rings. The Morgan fingerprint density at radius 3 is 1.59 bits per heavy atom. The molecule has 0 atom stereocenters. The van der Waals surface area contributed by atoms with E-state index in [4.69, 9.17) is 17.2 Å². The van der Waals surface area contributed by atoms with E-state index in [-0.39, 0.29) is 0 Å². The van der Waals surface area contributed by atoms with Crippen LogP contribution in [-0.2, 0) is 0 Å². The summed E-state index contributed by atoms with van der Waals surface area (Å²) >= 11 is 5.69. The Kier molecular flexibility index (Phi) is 4.52. The molecular formula is C20H15NS. The fraction of sp³-hybridized carbons (Fsp3) is 0. The van der Waals surface area contributed by atoms with E-state index in [1.165, 1.54) is 0 Å². The molecule has 0 N–H and O–H groups in total. The van der Waals surface area contributed by atoms with Crippen molar-refractivity contribution >= 4 is 28.5 Å². The molecule has 1 nitrogen and oxygen atoms in total. The first kappa shape index (κ1) is 14.4. The number of rotatable bonds is 4. The maximum atomic E-state index is 5.69. The van der Waals surface area contributed by atoms with E-state index in [0.29, 0.717) is 0 Å². The van der Waals surface area contributed by atoms with Crippen LogP contribution in [-0.4, -0.2) is 10.6 Å². The van der Waals surface area contributed by atoms with Crippen LogP contribution in [0.25, 0.3) is 0 Å². The lowest BCUT2D eigenvalue weighted by atomic mass is 10.0. The zero-order valence-electron chi connectivity index (χ0n) is 12.0. The lowest BCUT2D eigenvalue weighted by Crippen LogP contribution is -2.14. The molecule has 3 rings (SSSR count). The summed E-state index contributed by atoms with van der Waals surface area (Å²) in [4.78, 5) is 5.54. The van der Waals surface area contributed by atoms with Crippen LogP contribution in [0.3, 0.4) is 0 Å². The SMILES string of the molecule is S=C(C(=Nc1ccccc1)c1ccccc1)c1ccccc1. The van der Waals surface area contributed by atoms with Gasteiger partial charge in [-0.1, -0.05) is 91.1 Å². The Balaban J connectivity index is 2.08. The third-order valence-corrected chi connectivity index (χ3v) is 3.72.